The maximum atomic E-state index is 14.2. The van der Waals surface area contributed by atoms with Crippen LogP contribution in [0.5, 0.6) is 0 Å². The number of hydrogen-bond donors (Lipinski definition) is 4. The minimum Gasteiger partial charge on any atom is -0.391 e. The van der Waals surface area contributed by atoms with Crippen molar-refractivity contribution in [2.45, 2.75) is 117 Å². The lowest BCUT2D eigenvalue weighted by atomic mass is 9.77. The van der Waals surface area contributed by atoms with Gasteiger partial charge >= 0.3 is 0 Å². The van der Waals surface area contributed by atoms with E-state index in [4.69, 9.17) is 16.6 Å². The van der Waals surface area contributed by atoms with E-state index in [9.17, 15) is 29.1 Å². The average Bonchev–Trinajstić information content (AvgIpc) is 4.16. The van der Waals surface area contributed by atoms with Gasteiger partial charge in [0.1, 0.15) is 12.1 Å². The topological polar surface area (TPSA) is 203 Å². The van der Waals surface area contributed by atoms with Crippen LogP contribution >= 0.6 is 22.9 Å². The molecule has 3 fully saturated rings. The summed E-state index contributed by atoms with van der Waals surface area (Å²) in [6, 6.07) is 25.7. The monoisotopic (exact) mass is 1080 g/mol. The summed E-state index contributed by atoms with van der Waals surface area (Å²) in [4.78, 5) is 93.0. The van der Waals surface area contributed by atoms with Crippen molar-refractivity contribution in [2.75, 3.05) is 36.4 Å². The van der Waals surface area contributed by atoms with Crippen molar-refractivity contribution >= 4 is 69.8 Å². The number of aliphatic hydroxyl groups is 1. The molecule has 0 aliphatic carbocycles. The molecule has 16 nitrogen and oxygen atoms in total. The zero-order valence-electron chi connectivity index (χ0n) is 44.3. The molecular weight excluding hydrogens is 1010 g/mol. The Kier molecular flexibility index (Phi) is 16.8. The molecule has 0 radical (unpaired) electrons. The Balaban J connectivity index is 0.712. The lowest BCUT2D eigenvalue weighted by Crippen LogP contribution is -2.57. The van der Waals surface area contributed by atoms with Gasteiger partial charge in [0.25, 0.3) is 0 Å². The van der Waals surface area contributed by atoms with Gasteiger partial charge in [0.15, 0.2) is 0 Å². The maximum absolute atomic E-state index is 14.2. The van der Waals surface area contributed by atoms with Gasteiger partial charge < -0.3 is 35.8 Å². The Hall–Kier alpha value is -7.08. The van der Waals surface area contributed by atoms with E-state index >= 15 is 0 Å². The molecule has 3 aliphatic heterocycles. The first-order valence-corrected chi connectivity index (χ1v) is 27.8. The van der Waals surface area contributed by atoms with Crippen molar-refractivity contribution in [3.63, 3.8) is 0 Å². The van der Waals surface area contributed by atoms with Crippen LogP contribution in [0.1, 0.15) is 103 Å². The van der Waals surface area contributed by atoms with Crippen LogP contribution in [0.4, 0.5) is 17.3 Å². The summed E-state index contributed by atoms with van der Waals surface area (Å²) in [5.74, 6) is -0.670. The van der Waals surface area contributed by atoms with Crippen molar-refractivity contribution < 1.29 is 29.1 Å². The van der Waals surface area contributed by atoms with E-state index in [1.165, 1.54) is 4.90 Å². The minimum absolute atomic E-state index is 0.0148. The molecule has 77 heavy (non-hydrogen) atoms. The maximum Gasteiger partial charge on any atom is 0.246 e. The van der Waals surface area contributed by atoms with Crippen LogP contribution in [0.25, 0.3) is 32.8 Å². The third kappa shape index (κ3) is 12.7. The number of nitrogens with zero attached hydrogens (tertiary/aromatic N) is 7. The Morgan fingerprint density at radius 1 is 0.831 bits per heavy atom. The average molecular weight is 1080 g/mol. The van der Waals surface area contributed by atoms with Gasteiger partial charge in [0.2, 0.25) is 35.5 Å². The minimum atomic E-state index is -0.933. The van der Waals surface area contributed by atoms with Crippen LogP contribution < -0.4 is 20.9 Å². The van der Waals surface area contributed by atoms with Gasteiger partial charge in [-0.2, -0.15) is 0 Å². The molecule has 402 valence electrons. The Bertz CT molecular complexity index is 3100. The van der Waals surface area contributed by atoms with Crippen molar-refractivity contribution in [1.82, 2.24) is 40.4 Å². The predicted molar refractivity (Wildman–Crippen MR) is 300 cm³/mol. The Morgan fingerprint density at radius 3 is 2.27 bits per heavy atom. The lowest BCUT2D eigenvalue weighted by molar-refractivity contribution is -0.144. The van der Waals surface area contributed by atoms with E-state index in [1.807, 2.05) is 118 Å². The number of halogens is 1. The molecule has 6 heterocycles. The van der Waals surface area contributed by atoms with Gasteiger partial charge in [-0.15, -0.1) is 11.3 Å². The fraction of sp³-hybridized carbons (Fsp3) is 0.407. The quantitative estimate of drug-likeness (QED) is 0.0634. The Labute approximate surface area is 459 Å². The van der Waals surface area contributed by atoms with Gasteiger partial charge in [0, 0.05) is 51.0 Å². The zero-order chi connectivity index (χ0) is 54.4. The number of pyridine rings is 1. The number of β-amino-alcohol motifs (C(OH)–C–C–N with tert-alkyl or cyclic N) is 1. The molecule has 3 saturated heterocycles. The summed E-state index contributed by atoms with van der Waals surface area (Å²) in [5.41, 5.74) is 8.32. The van der Waals surface area contributed by atoms with Crippen molar-refractivity contribution in [1.29, 1.82) is 0 Å². The van der Waals surface area contributed by atoms with Crippen LogP contribution in [0.15, 0.2) is 109 Å². The number of thiazole rings is 1. The van der Waals surface area contributed by atoms with E-state index in [2.05, 4.69) is 43.0 Å². The first kappa shape index (κ1) is 54.7. The number of nitrogens with one attached hydrogen (secondary N) is 3. The number of aryl methyl sites for hydroxylation is 1. The summed E-state index contributed by atoms with van der Waals surface area (Å²) in [5, 5.41) is 20.4. The second-order valence-corrected chi connectivity index (χ2v) is 23.0. The molecule has 6 aromatic rings. The van der Waals surface area contributed by atoms with Crippen LogP contribution in [-0.4, -0.2) is 109 Å². The summed E-state index contributed by atoms with van der Waals surface area (Å²) < 4.78 is 0. The number of carbonyl (C=O) groups excluding carboxylic acids is 5. The third-order valence-corrected chi connectivity index (χ3v) is 16.5. The first-order valence-electron chi connectivity index (χ1n) is 26.6. The molecule has 0 bridgehead atoms. The van der Waals surface area contributed by atoms with Gasteiger partial charge in [-0.25, -0.2) is 15.0 Å². The van der Waals surface area contributed by atoms with Crippen molar-refractivity contribution in [2.24, 2.45) is 10.8 Å². The number of amides is 5. The molecular formula is C59H67ClN10O6S. The number of carbonyl (C=O) groups is 5. The predicted octanol–water partition coefficient (Wildman–Crippen LogP) is 9.70. The van der Waals surface area contributed by atoms with E-state index < -0.39 is 34.9 Å². The molecule has 1 spiro atoms. The number of unbranched alkanes of at least 4 members (excludes halogenated alkanes) is 2. The van der Waals surface area contributed by atoms with Crippen LogP contribution in [0.3, 0.4) is 0 Å². The third-order valence-electron chi connectivity index (χ3n) is 15.2. The number of rotatable bonds is 17. The summed E-state index contributed by atoms with van der Waals surface area (Å²) >= 11 is 8.19. The van der Waals surface area contributed by atoms with E-state index in [-0.39, 0.29) is 49.1 Å². The molecule has 9 rings (SSSR count). The molecule has 5 amide bonds. The Morgan fingerprint density at radius 2 is 1.55 bits per heavy atom. The zero-order valence-corrected chi connectivity index (χ0v) is 45.9. The molecule has 4 unspecified atom stereocenters. The molecule has 18 heteroatoms. The summed E-state index contributed by atoms with van der Waals surface area (Å²) in [7, 11) is 0. The number of anilines is 3. The molecule has 3 aromatic heterocycles. The lowest BCUT2D eigenvalue weighted by Gasteiger charge is -2.38. The second kappa shape index (κ2) is 23.7. The largest absolute Gasteiger partial charge is 0.391 e. The number of aliphatic hydroxyl groups excluding tert-OH is 1. The van der Waals surface area contributed by atoms with E-state index in [1.54, 1.807) is 34.8 Å². The number of likely N-dealkylation sites (tertiary alicyclic amines) is 2. The molecule has 4 atom stereocenters. The highest BCUT2D eigenvalue weighted by molar-refractivity contribution is 7.13. The van der Waals surface area contributed by atoms with Crippen molar-refractivity contribution in [3.8, 4) is 32.8 Å². The number of benzene rings is 3. The summed E-state index contributed by atoms with van der Waals surface area (Å²) in [6.07, 6.45) is 8.21. The van der Waals surface area contributed by atoms with Gasteiger partial charge in [0.05, 0.1) is 74.3 Å². The molecule has 0 saturated carbocycles. The molecule has 3 aliphatic rings. The number of piperidine rings is 1. The summed E-state index contributed by atoms with van der Waals surface area (Å²) in [6.45, 7) is 10.9. The van der Waals surface area contributed by atoms with Crippen LogP contribution in [-0.2, 0) is 24.0 Å². The SMILES string of the molecule is Cc1ncsc1-c1ccc(C(C)NC(=O)C2CC(O)CN2C(=O)C(NC(=O)CCCCCC(=O)N2CCC3(CC2)CCN(c2cncc(Nc4ncc(Cl)c(-c5cccc(-c6ccccc6)c5)n4)c2)C3=O)C(C)(C)C)cc1. The standard InChI is InChI=1S/C59H67ClN10O6S/c1-37(39-19-21-41(22-20-39)52-38(2)63-36-77-52)64-54(74)48-31-46(71)35-70(48)55(75)53(58(3,4)5)66-49(72)17-10-7-11-18-50(73)68-26-23-59(24-27-68)25-28-69(56(59)76)45-30-44(32-61-33-45)65-57-62-34-47(60)51(67-57)43-16-12-15-42(29-43)40-13-8-6-9-14-40/h6,8-9,12-16,19-22,29-30,32-34,36-37,46,48,53,71H,7,10-11,17-18,23-28,31,35H2,1-5H3,(H,64,74)(H,66,72)(H,62,65,67). The fourth-order valence-electron chi connectivity index (χ4n) is 10.7. The normalized spacial score (nSPS) is 18.1. The molecule has 4 N–H and O–H groups in total. The van der Waals surface area contributed by atoms with Gasteiger partial charge in [-0.05, 0) is 85.8 Å². The number of aromatic nitrogens is 4. The first-order chi connectivity index (χ1) is 37.0. The second-order valence-electron chi connectivity index (χ2n) is 21.7. The van der Waals surface area contributed by atoms with Gasteiger partial charge in [-0.3, -0.25) is 29.0 Å². The van der Waals surface area contributed by atoms with Gasteiger partial charge in [-0.1, -0.05) is 112 Å². The highest BCUT2D eigenvalue weighted by Crippen LogP contribution is 2.44. The van der Waals surface area contributed by atoms with E-state index in [0.29, 0.717) is 92.6 Å². The molecule has 3 aromatic carbocycles. The van der Waals surface area contributed by atoms with Crippen LogP contribution in [0, 0.1) is 17.8 Å². The highest BCUT2D eigenvalue weighted by Gasteiger charge is 2.49. The highest BCUT2D eigenvalue weighted by atomic mass is 35.5. The van der Waals surface area contributed by atoms with Crippen LogP contribution in [0.2, 0.25) is 5.02 Å². The fourth-order valence-corrected chi connectivity index (χ4v) is 11.8. The number of hydrogen-bond acceptors (Lipinski definition) is 12. The van der Waals surface area contributed by atoms with Crippen molar-refractivity contribution in [3.05, 3.63) is 125 Å². The smallest absolute Gasteiger partial charge is 0.246 e. The van der Waals surface area contributed by atoms with E-state index in [0.717, 1.165) is 38.4 Å².